The number of nitrogens with zero attached hydrogens (tertiary/aromatic N) is 3. The summed E-state index contributed by atoms with van der Waals surface area (Å²) in [6.07, 6.45) is 1.53. The molecule has 1 heterocycles. The number of nitrogens with one attached hydrogen (secondary N) is 2. The molecule has 0 unspecified atom stereocenters. The van der Waals surface area contributed by atoms with Crippen LogP contribution < -0.4 is 10.6 Å². The van der Waals surface area contributed by atoms with Crippen molar-refractivity contribution >= 4 is 17.6 Å². The van der Waals surface area contributed by atoms with Gasteiger partial charge in [0.25, 0.3) is 5.91 Å². The van der Waals surface area contributed by atoms with Crippen LogP contribution in [0.3, 0.4) is 0 Å². The van der Waals surface area contributed by atoms with Gasteiger partial charge in [0.05, 0.1) is 5.69 Å². The van der Waals surface area contributed by atoms with Gasteiger partial charge in [0.15, 0.2) is 0 Å². The maximum atomic E-state index is 14.0. The van der Waals surface area contributed by atoms with E-state index in [-0.39, 0.29) is 5.56 Å². The van der Waals surface area contributed by atoms with Crippen molar-refractivity contribution in [3.05, 3.63) is 81.9 Å². The Balaban J connectivity index is 1.83. The summed E-state index contributed by atoms with van der Waals surface area (Å²) in [6.45, 7) is 8.21. The average Bonchev–Trinajstić information content (AvgIpc) is 3.01. The summed E-state index contributed by atoms with van der Waals surface area (Å²) in [5.41, 5.74) is 5.94. The number of amides is 1. The molecule has 0 spiro atoms. The number of carbonyl (C=O) groups is 1. The first-order chi connectivity index (χ1) is 15.3. The van der Waals surface area contributed by atoms with Gasteiger partial charge in [-0.05, 0) is 68.5 Å². The van der Waals surface area contributed by atoms with Crippen molar-refractivity contribution in [1.29, 1.82) is 0 Å². The molecule has 0 atom stereocenters. The fourth-order valence-corrected chi connectivity index (χ4v) is 3.56. The molecule has 0 saturated heterocycles. The normalized spacial score (nSPS) is 11.5. The third-order valence-corrected chi connectivity index (χ3v) is 5.61. The lowest BCUT2D eigenvalue weighted by Gasteiger charge is -2.15. The first-order valence-electron chi connectivity index (χ1n) is 10.8. The van der Waals surface area contributed by atoms with Crippen LogP contribution in [0.2, 0.25) is 0 Å². The number of halogens is 1. The van der Waals surface area contributed by atoms with Crippen molar-refractivity contribution in [1.82, 2.24) is 15.1 Å². The lowest BCUT2D eigenvalue weighted by Crippen LogP contribution is -2.36. The number of para-hydroxylation sites is 1. The quantitative estimate of drug-likeness (QED) is 0.443. The highest BCUT2D eigenvalue weighted by Gasteiger charge is 2.13. The Hall–Kier alpha value is -3.48. The zero-order chi connectivity index (χ0) is 23.3. The van der Waals surface area contributed by atoms with E-state index in [9.17, 15) is 9.18 Å². The second-order valence-corrected chi connectivity index (χ2v) is 7.81. The topological polar surface area (TPSA) is 71.3 Å². The molecule has 0 aliphatic heterocycles. The van der Waals surface area contributed by atoms with Gasteiger partial charge < -0.3 is 5.32 Å². The lowest BCUT2D eigenvalue weighted by molar-refractivity contribution is 0.0976. The van der Waals surface area contributed by atoms with Crippen molar-refractivity contribution in [2.45, 2.75) is 40.5 Å². The van der Waals surface area contributed by atoms with E-state index in [0.717, 1.165) is 34.6 Å². The van der Waals surface area contributed by atoms with Crippen molar-refractivity contribution in [3.8, 4) is 0 Å². The average molecular weight is 436 g/mol. The van der Waals surface area contributed by atoms with E-state index in [2.05, 4.69) is 27.6 Å². The van der Waals surface area contributed by atoms with Gasteiger partial charge in [0, 0.05) is 30.5 Å². The van der Waals surface area contributed by atoms with Gasteiger partial charge in [-0.25, -0.2) is 4.39 Å². The minimum Gasteiger partial charge on any atom is -0.326 e. The van der Waals surface area contributed by atoms with E-state index in [1.807, 2.05) is 49.8 Å². The molecule has 168 valence electrons. The van der Waals surface area contributed by atoms with Crippen LogP contribution in [0.1, 0.15) is 45.4 Å². The molecular formula is C25H30FN5O. The smallest absolute Gasteiger partial charge is 0.258 e. The first-order valence-corrected chi connectivity index (χ1v) is 10.8. The maximum Gasteiger partial charge on any atom is 0.258 e. The molecule has 0 aliphatic rings. The van der Waals surface area contributed by atoms with Gasteiger partial charge in [-0.15, -0.1) is 0 Å². The predicted octanol–water partition coefficient (Wildman–Crippen LogP) is 4.49. The van der Waals surface area contributed by atoms with Gasteiger partial charge in [0.1, 0.15) is 5.82 Å². The molecule has 32 heavy (non-hydrogen) atoms. The third-order valence-electron chi connectivity index (χ3n) is 5.61. The minimum absolute atomic E-state index is 0.241. The molecule has 0 fully saturated rings. The van der Waals surface area contributed by atoms with Crippen molar-refractivity contribution in [3.63, 3.8) is 0 Å². The molecule has 0 radical (unpaired) electrons. The number of anilines is 1. The van der Waals surface area contributed by atoms with Gasteiger partial charge in [0.2, 0.25) is 5.96 Å². The summed E-state index contributed by atoms with van der Waals surface area (Å²) in [7, 11) is 1.92. The monoisotopic (exact) mass is 435 g/mol. The molecule has 6 nitrogen and oxygen atoms in total. The lowest BCUT2D eigenvalue weighted by atomic mass is 10.1. The van der Waals surface area contributed by atoms with Gasteiger partial charge >= 0.3 is 0 Å². The Kier molecular flexibility index (Phi) is 7.41. The van der Waals surface area contributed by atoms with Crippen LogP contribution in [0.15, 0.2) is 47.5 Å². The maximum absolute atomic E-state index is 14.0. The molecule has 1 aromatic heterocycles. The molecule has 7 heteroatoms. The molecule has 1 amide bonds. The molecular weight excluding hydrogens is 405 g/mol. The van der Waals surface area contributed by atoms with Crippen LogP contribution in [-0.4, -0.2) is 28.2 Å². The Morgan fingerprint density at radius 3 is 2.56 bits per heavy atom. The Labute approximate surface area is 188 Å². The summed E-state index contributed by atoms with van der Waals surface area (Å²) in [5.74, 6) is -0.503. The second kappa shape index (κ2) is 10.2. The molecule has 2 N–H and O–H groups in total. The molecule has 3 aromatic rings. The van der Waals surface area contributed by atoms with Crippen LogP contribution in [0.5, 0.6) is 0 Å². The van der Waals surface area contributed by atoms with Crippen molar-refractivity contribution < 1.29 is 9.18 Å². The molecule has 0 bridgehead atoms. The second-order valence-electron chi connectivity index (χ2n) is 7.81. The number of hydrogen-bond donors (Lipinski definition) is 2. The van der Waals surface area contributed by atoms with Crippen LogP contribution in [-0.2, 0) is 19.9 Å². The van der Waals surface area contributed by atoms with E-state index in [4.69, 9.17) is 0 Å². The number of aliphatic imine (C=N–C) groups is 1. The number of aryl methyl sites for hydroxylation is 4. The Morgan fingerprint density at radius 2 is 1.91 bits per heavy atom. The largest absolute Gasteiger partial charge is 0.326 e. The van der Waals surface area contributed by atoms with Gasteiger partial charge in [-0.2, -0.15) is 5.10 Å². The van der Waals surface area contributed by atoms with E-state index in [0.29, 0.717) is 24.5 Å². The van der Waals surface area contributed by atoms with Crippen molar-refractivity contribution in [2.24, 2.45) is 12.0 Å². The predicted molar refractivity (Wildman–Crippen MR) is 127 cm³/mol. The van der Waals surface area contributed by atoms with Crippen molar-refractivity contribution in [2.75, 3.05) is 11.9 Å². The summed E-state index contributed by atoms with van der Waals surface area (Å²) in [4.78, 5) is 17.4. The van der Waals surface area contributed by atoms with E-state index in [1.165, 1.54) is 6.07 Å². The fraction of sp³-hybridized carbons (Fsp3) is 0.320. The highest BCUT2D eigenvalue weighted by Crippen LogP contribution is 2.16. The van der Waals surface area contributed by atoms with E-state index >= 15 is 0 Å². The standard InChI is InChI=1S/C25H30FN5O/c1-6-19-9-7-8-10-23(19)28-25(27-14-13-21-17(3)30-31(5)18(21)4)29-24(32)20-12-11-16(2)22(26)15-20/h7-12,15H,6,13-14H2,1-5H3,(H2,27,28,29,32). The summed E-state index contributed by atoms with van der Waals surface area (Å²) < 4.78 is 15.8. The highest BCUT2D eigenvalue weighted by molar-refractivity contribution is 6.10. The molecule has 3 rings (SSSR count). The number of carbonyl (C=O) groups excluding carboxylic acids is 1. The highest BCUT2D eigenvalue weighted by atomic mass is 19.1. The van der Waals surface area contributed by atoms with Gasteiger partial charge in [-0.3, -0.25) is 19.8 Å². The Morgan fingerprint density at radius 1 is 1.16 bits per heavy atom. The molecule has 0 aliphatic carbocycles. The number of hydrogen-bond acceptors (Lipinski definition) is 3. The van der Waals surface area contributed by atoms with Crippen LogP contribution in [0.4, 0.5) is 10.1 Å². The first kappa shape index (κ1) is 23.2. The zero-order valence-corrected chi connectivity index (χ0v) is 19.3. The number of rotatable bonds is 6. The molecule has 2 aromatic carbocycles. The van der Waals surface area contributed by atoms with Gasteiger partial charge in [-0.1, -0.05) is 31.2 Å². The Bertz CT molecular complexity index is 1150. The van der Waals surface area contributed by atoms with E-state index in [1.54, 1.807) is 19.1 Å². The van der Waals surface area contributed by atoms with Crippen LogP contribution in [0.25, 0.3) is 0 Å². The number of benzene rings is 2. The third kappa shape index (κ3) is 5.41. The van der Waals surface area contributed by atoms with E-state index < -0.39 is 11.7 Å². The summed E-state index contributed by atoms with van der Waals surface area (Å²) >= 11 is 0. The SMILES string of the molecule is CCc1ccccc1NC(=NCCc1c(C)nn(C)c1C)NC(=O)c1ccc(C)c(F)c1. The minimum atomic E-state index is -0.419. The fourth-order valence-electron chi connectivity index (χ4n) is 3.56. The summed E-state index contributed by atoms with van der Waals surface area (Å²) in [6, 6.07) is 12.3. The molecule has 0 saturated carbocycles. The van der Waals surface area contributed by atoms with Crippen LogP contribution in [0, 0.1) is 26.6 Å². The number of guanidine groups is 1. The zero-order valence-electron chi connectivity index (χ0n) is 19.3. The summed E-state index contributed by atoms with van der Waals surface area (Å²) in [5, 5.41) is 10.5. The van der Waals surface area contributed by atoms with Crippen LogP contribution >= 0.6 is 0 Å². The number of aromatic nitrogens is 2.